The Hall–Kier alpha value is -1.97. The summed E-state index contributed by atoms with van der Waals surface area (Å²) < 4.78 is 6.27. The van der Waals surface area contributed by atoms with Crippen LogP contribution in [0.5, 0.6) is 11.5 Å². The van der Waals surface area contributed by atoms with Crippen LogP contribution >= 0.6 is 0 Å². The normalized spacial score (nSPS) is 23.5. The van der Waals surface area contributed by atoms with E-state index in [4.69, 9.17) is 4.74 Å². The Morgan fingerprint density at radius 1 is 1.35 bits per heavy atom. The van der Waals surface area contributed by atoms with Crippen LogP contribution in [0.25, 0.3) is 0 Å². The number of benzene rings is 1. The van der Waals surface area contributed by atoms with Crippen molar-refractivity contribution < 1.29 is 19.7 Å². The van der Waals surface area contributed by atoms with Crippen molar-refractivity contribution in [2.24, 2.45) is 5.92 Å². The Bertz CT molecular complexity index is 745. The Labute approximate surface area is 155 Å². The molecule has 2 unspecified atom stereocenters. The second-order valence-corrected chi connectivity index (χ2v) is 8.32. The first-order valence-corrected chi connectivity index (χ1v) is 9.74. The number of rotatable bonds is 5. The molecule has 2 N–H and O–H groups in total. The number of ether oxygens (including phenoxy) is 1. The molecule has 0 fully saturated rings. The molecule has 0 aromatic heterocycles. The summed E-state index contributed by atoms with van der Waals surface area (Å²) in [5, 5.41) is 20.7. The number of carbonyl (C=O) groups is 1. The molecule has 2 aliphatic rings. The zero-order valence-corrected chi connectivity index (χ0v) is 16.3. The average molecular weight is 358 g/mol. The van der Waals surface area contributed by atoms with Crippen LogP contribution in [0, 0.1) is 5.92 Å². The molecule has 1 heterocycles. The number of carboxylic acid groups (broad SMARTS) is 1. The van der Waals surface area contributed by atoms with Crippen molar-refractivity contribution in [2.75, 3.05) is 0 Å². The van der Waals surface area contributed by atoms with Crippen molar-refractivity contribution in [3.63, 3.8) is 0 Å². The highest BCUT2D eigenvalue weighted by molar-refractivity contribution is 5.94. The third-order valence-electron chi connectivity index (χ3n) is 5.98. The summed E-state index contributed by atoms with van der Waals surface area (Å²) in [4.78, 5) is 12.1. The molecule has 4 nitrogen and oxygen atoms in total. The van der Waals surface area contributed by atoms with E-state index in [0.29, 0.717) is 23.3 Å². The molecule has 0 radical (unpaired) electrons. The smallest absolute Gasteiger partial charge is 0.339 e. The summed E-state index contributed by atoms with van der Waals surface area (Å²) in [7, 11) is 0. The number of aromatic hydroxyl groups is 1. The highest BCUT2D eigenvalue weighted by Crippen LogP contribution is 2.54. The maximum absolute atomic E-state index is 12.1. The van der Waals surface area contributed by atoms with Crippen LogP contribution in [0.15, 0.2) is 17.7 Å². The first kappa shape index (κ1) is 18.8. The highest BCUT2D eigenvalue weighted by atomic mass is 16.5. The van der Waals surface area contributed by atoms with Gasteiger partial charge in [0.2, 0.25) is 0 Å². The van der Waals surface area contributed by atoms with Gasteiger partial charge in [-0.25, -0.2) is 4.79 Å². The summed E-state index contributed by atoms with van der Waals surface area (Å²) in [6, 6.07) is 1.66. The lowest BCUT2D eigenvalue weighted by molar-refractivity contribution is 0.00917. The lowest BCUT2D eigenvalue weighted by Crippen LogP contribution is -2.45. The Morgan fingerprint density at radius 2 is 2.08 bits per heavy atom. The number of phenols is 1. The van der Waals surface area contributed by atoms with Crippen LogP contribution in [-0.4, -0.2) is 21.8 Å². The van der Waals surface area contributed by atoms with Gasteiger partial charge < -0.3 is 14.9 Å². The molecule has 4 heteroatoms. The number of phenolic OH excluding ortho intramolecular Hbond substituents is 1. The molecule has 1 aliphatic heterocycles. The quantitative estimate of drug-likeness (QED) is 0.544. The number of aromatic carboxylic acids is 1. The van der Waals surface area contributed by atoms with E-state index in [2.05, 4.69) is 19.9 Å². The predicted octanol–water partition coefficient (Wildman–Crippen LogP) is 5.43. The van der Waals surface area contributed by atoms with Crippen LogP contribution in [0.3, 0.4) is 0 Å². The molecule has 0 spiro atoms. The summed E-state index contributed by atoms with van der Waals surface area (Å²) in [5.41, 5.74) is 2.39. The molecule has 1 aromatic rings. The summed E-state index contributed by atoms with van der Waals surface area (Å²) >= 11 is 0. The van der Waals surface area contributed by atoms with Gasteiger partial charge in [-0.1, -0.05) is 31.4 Å². The van der Waals surface area contributed by atoms with E-state index in [0.717, 1.165) is 32.1 Å². The van der Waals surface area contributed by atoms with Gasteiger partial charge in [-0.15, -0.1) is 0 Å². The van der Waals surface area contributed by atoms with E-state index in [-0.39, 0.29) is 23.1 Å². The van der Waals surface area contributed by atoms with Crippen molar-refractivity contribution in [1.29, 1.82) is 0 Å². The topological polar surface area (TPSA) is 66.8 Å². The van der Waals surface area contributed by atoms with E-state index in [1.54, 1.807) is 6.07 Å². The zero-order chi connectivity index (χ0) is 19.1. The first-order valence-electron chi connectivity index (χ1n) is 9.74. The third-order valence-corrected chi connectivity index (χ3v) is 5.98. The maximum Gasteiger partial charge on any atom is 0.339 e. The molecule has 2 atom stereocenters. The number of unbranched alkanes of at least 4 members (excludes halogenated alkanes) is 2. The number of hydrogen-bond donors (Lipinski definition) is 2. The van der Waals surface area contributed by atoms with Gasteiger partial charge in [-0.05, 0) is 58.1 Å². The fraction of sp³-hybridized carbons (Fsp3) is 0.591. The minimum Gasteiger partial charge on any atom is -0.507 e. The van der Waals surface area contributed by atoms with Gasteiger partial charge in [0.25, 0.3) is 0 Å². The molecule has 0 amide bonds. The SMILES string of the molecule is CCCCCc1cc(O)c2c(c1C(=O)O)OC(C)(C)C1CCC(C)=CC21. The average Bonchev–Trinajstić information content (AvgIpc) is 2.53. The Balaban J connectivity index is 2.18. The molecule has 0 saturated carbocycles. The second-order valence-electron chi connectivity index (χ2n) is 8.32. The molecular weight excluding hydrogens is 328 g/mol. The lowest BCUT2D eigenvalue weighted by atomic mass is 9.67. The summed E-state index contributed by atoms with van der Waals surface area (Å²) in [5.74, 6) is -0.185. The summed E-state index contributed by atoms with van der Waals surface area (Å²) in [6.45, 7) is 8.29. The van der Waals surface area contributed by atoms with Crippen molar-refractivity contribution >= 4 is 5.97 Å². The van der Waals surface area contributed by atoms with Crippen LogP contribution in [-0.2, 0) is 6.42 Å². The number of allylic oxidation sites excluding steroid dienone is 2. The minimum absolute atomic E-state index is 0.00490. The van der Waals surface area contributed by atoms with Crippen molar-refractivity contribution in [3.05, 3.63) is 34.4 Å². The number of aryl methyl sites for hydroxylation is 1. The molecule has 142 valence electrons. The third kappa shape index (κ3) is 3.22. The molecular formula is C22H30O4. The molecule has 0 bridgehead atoms. The van der Waals surface area contributed by atoms with Gasteiger partial charge in [-0.2, -0.15) is 0 Å². The van der Waals surface area contributed by atoms with E-state index in [9.17, 15) is 15.0 Å². The second kappa shape index (κ2) is 6.98. The van der Waals surface area contributed by atoms with Crippen LogP contribution in [0.1, 0.15) is 87.2 Å². The van der Waals surface area contributed by atoms with E-state index in [1.807, 2.05) is 13.8 Å². The molecule has 3 rings (SSSR count). The van der Waals surface area contributed by atoms with Crippen LogP contribution in [0.4, 0.5) is 0 Å². The number of fused-ring (bicyclic) bond motifs is 3. The molecule has 1 aromatic carbocycles. The Morgan fingerprint density at radius 3 is 2.73 bits per heavy atom. The monoisotopic (exact) mass is 358 g/mol. The molecule has 26 heavy (non-hydrogen) atoms. The zero-order valence-electron chi connectivity index (χ0n) is 16.3. The minimum atomic E-state index is -0.974. The van der Waals surface area contributed by atoms with E-state index < -0.39 is 11.6 Å². The van der Waals surface area contributed by atoms with E-state index >= 15 is 0 Å². The molecule has 0 saturated heterocycles. The summed E-state index contributed by atoms with van der Waals surface area (Å²) in [6.07, 6.45) is 7.85. The van der Waals surface area contributed by atoms with Crippen molar-refractivity contribution in [1.82, 2.24) is 0 Å². The van der Waals surface area contributed by atoms with Gasteiger partial charge >= 0.3 is 5.97 Å². The van der Waals surface area contributed by atoms with Gasteiger partial charge in [0, 0.05) is 17.4 Å². The molecule has 1 aliphatic carbocycles. The van der Waals surface area contributed by atoms with Gasteiger partial charge in [0.15, 0.2) is 0 Å². The largest absolute Gasteiger partial charge is 0.507 e. The fourth-order valence-corrected chi connectivity index (χ4v) is 4.61. The van der Waals surface area contributed by atoms with Gasteiger partial charge in [-0.3, -0.25) is 0 Å². The van der Waals surface area contributed by atoms with E-state index in [1.165, 1.54) is 5.57 Å². The van der Waals surface area contributed by atoms with Crippen molar-refractivity contribution in [3.8, 4) is 11.5 Å². The lowest BCUT2D eigenvalue weighted by Gasteiger charge is -2.47. The maximum atomic E-state index is 12.1. The predicted molar refractivity (Wildman–Crippen MR) is 102 cm³/mol. The Kier molecular flexibility index (Phi) is 5.05. The fourth-order valence-electron chi connectivity index (χ4n) is 4.61. The van der Waals surface area contributed by atoms with Crippen molar-refractivity contribution in [2.45, 2.75) is 77.7 Å². The van der Waals surface area contributed by atoms with Crippen LogP contribution in [0.2, 0.25) is 0 Å². The first-order chi connectivity index (χ1) is 12.3. The van der Waals surface area contributed by atoms with Gasteiger partial charge in [0.1, 0.15) is 22.7 Å². The van der Waals surface area contributed by atoms with Crippen LogP contribution < -0.4 is 4.74 Å². The van der Waals surface area contributed by atoms with Gasteiger partial charge in [0.05, 0.1) is 0 Å². The highest BCUT2D eigenvalue weighted by Gasteiger charge is 2.47. The standard InChI is InChI=1S/C22H30O4/c1-5-6-7-8-14-12-17(23)19-15-11-13(2)9-10-16(15)22(3,4)26-20(19)18(14)21(24)25/h11-12,15-16,23H,5-10H2,1-4H3,(H,24,25). The number of carboxylic acids is 1. The number of hydrogen-bond acceptors (Lipinski definition) is 3.